The van der Waals surface area contributed by atoms with Crippen LogP contribution >= 0.6 is 23.2 Å². The van der Waals surface area contributed by atoms with Crippen molar-refractivity contribution in [2.45, 2.75) is 25.0 Å². The Morgan fingerprint density at radius 3 is 2.91 bits per heavy atom. The molecular weight excluding hydrogens is 323 g/mol. The Morgan fingerprint density at radius 2 is 2.05 bits per heavy atom. The summed E-state index contributed by atoms with van der Waals surface area (Å²) in [7, 11) is 0. The Bertz CT molecular complexity index is 735. The number of ether oxygens (including phenoxy) is 1. The molecule has 0 spiro atoms. The number of hydrogen-bond donors (Lipinski definition) is 0. The Kier molecular flexibility index (Phi) is 2.94. The molecule has 4 aliphatic rings. The third kappa shape index (κ3) is 1.62. The van der Waals surface area contributed by atoms with E-state index >= 15 is 0 Å². The lowest BCUT2D eigenvalue weighted by atomic mass is 9.57. The molecule has 4 fully saturated rings. The first-order valence-corrected chi connectivity index (χ1v) is 8.71. The predicted molar refractivity (Wildman–Crippen MR) is 83.0 cm³/mol. The molecule has 6 unspecified atom stereocenters. The molecule has 3 saturated carbocycles. The van der Waals surface area contributed by atoms with Crippen molar-refractivity contribution in [1.29, 1.82) is 0 Å². The minimum Gasteiger partial charge on any atom is -0.375 e. The van der Waals surface area contributed by atoms with Gasteiger partial charge in [0.25, 0.3) is 0 Å². The van der Waals surface area contributed by atoms with E-state index in [-0.39, 0.29) is 12.1 Å². The third-order valence-corrected chi connectivity index (χ3v) is 6.61. The number of rotatable bonds is 2. The van der Waals surface area contributed by atoms with Crippen LogP contribution in [0.5, 0.6) is 0 Å². The van der Waals surface area contributed by atoms with Crippen molar-refractivity contribution in [3.8, 4) is 0 Å². The fourth-order valence-corrected chi connectivity index (χ4v) is 5.74. The molecule has 116 valence electrons. The van der Waals surface area contributed by atoms with Gasteiger partial charge in [-0.2, -0.15) is 0 Å². The van der Waals surface area contributed by atoms with Crippen LogP contribution in [-0.4, -0.2) is 38.1 Å². The van der Waals surface area contributed by atoms with E-state index in [1.807, 2.05) is 6.33 Å². The lowest BCUT2D eigenvalue weighted by Crippen LogP contribution is -2.51. The first-order chi connectivity index (χ1) is 10.8. The molecule has 0 N–H and O–H groups in total. The summed E-state index contributed by atoms with van der Waals surface area (Å²) < 4.78 is 8.33. The lowest BCUT2D eigenvalue weighted by molar-refractivity contribution is -0.0399. The Morgan fingerprint density at radius 1 is 1.18 bits per heavy atom. The summed E-state index contributed by atoms with van der Waals surface area (Å²) in [5, 5.41) is 0.406. The van der Waals surface area contributed by atoms with Crippen LogP contribution in [0.1, 0.15) is 18.9 Å². The van der Waals surface area contributed by atoms with Crippen molar-refractivity contribution in [1.82, 2.24) is 19.5 Å². The number of imidazole rings is 1. The van der Waals surface area contributed by atoms with E-state index in [0.717, 1.165) is 12.3 Å². The van der Waals surface area contributed by atoms with E-state index < -0.39 is 0 Å². The molecule has 1 saturated heterocycles. The third-order valence-electron chi connectivity index (χ3n) is 5.98. The van der Waals surface area contributed by atoms with E-state index in [1.165, 1.54) is 19.2 Å². The number of halogens is 2. The monoisotopic (exact) mass is 338 g/mol. The molecule has 1 aliphatic heterocycles. The molecule has 3 heterocycles. The summed E-state index contributed by atoms with van der Waals surface area (Å²) in [6.45, 7) is 0.849. The highest BCUT2D eigenvalue weighted by atomic mass is 35.5. The quantitative estimate of drug-likeness (QED) is 0.624. The fraction of sp³-hybridized carbons (Fsp3) is 0.667. The maximum atomic E-state index is 6.31. The molecule has 0 amide bonds. The van der Waals surface area contributed by atoms with E-state index in [2.05, 4.69) is 19.5 Å². The highest BCUT2D eigenvalue weighted by Gasteiger charge is 2.58. The van der Waals surface area contributed by atoms with Gasteiger partial charge in [-0.25, -0.2) is 15.0 Å². The first kappa shape index (κ1) is 13.5. The normalized spacial score (nSPS) is 39.7. The van der Waals surface area contributed by atoms with Gasteiger partial charge in [0, 0.05) is 5.88 Å². The van der Waals surface area contributed by atoms with Crippen LogP contribution in [-0.2, 0) is 4.74 Å². The molecule has 22 heavy (non-hydrogen) atoms. The molecule has 5 nitrogen and oxygen atoms in total. The Hall–Kier alpha value is -0.910. The van der Waals surface area contributed by atoms with E-state index in [9.17, 15) is 0 Å². The smallest absolute Gasteiger partial charge is 0.165 e. The molecule has 7 heteroatoms. The maximum Gasteiger partial charge on any atom is 0.165 e. The van der Waals surface area contributed by atoms with Crippen molar-refractivity contribution < 1.29 is 4.74 Å². The lowest BCUT2D eigenvalue weighted by Gasteiger charge is -2.51. The van der Waals surface area contributed by atoms with Crippen LogP contribution in [0.3, 0.4) is 0 Å². The zero-order chi connectivity index (χ0) is 14.8. The van der Waals surface area contributed by atoms with E-state index in [4.69, 9.17) is 27.9 Å². The zero-order valence-electron chi connectivity index (χ0n) is 11.9. The second-order valence-corrected chi connectivity index (χ2v) is 7.33. The summed E-state index contributed by atoms with van der Waals surface area (Å²) in [5.41, 5.74) is 1.47. The molecule has 6 atom stereocenters. The zero-order valence-corrected chi connectivity index (χ0v) is 13.4. The highest BCUT2D eigenvalue weighted by Crippen LogP contribution is 2.58. The second-order valence-electron chi connectivity index (χ2n) is 6.66. The number of hydrogen-bond acceptors (Lipinski definition) is 4. The number of nitrogens with zero attached hydrogens (tertiary/aromatic N) is 4. The molecule has 6 rings (SSSR count). The minimum atomic E-state index is 0.259. The number of aromatic nitrogens is 4. The predicted octanol–water partition coefficient (Wildman–Crippen LogP) is 2.93. The van der Waals surface area contributed by atoms with Crippen molar-refractivity contribution in [3.63, 3.8) is 0 Å². The van der Waals surface area contributed by atoms with Crippen LogP contribution in [0, 0.1) is 23.7 Å². The van der Waals surface area contributed by atoms with Crippen LogP contribution in [0.15, 0.2) is 12.7 Å². The van der Waals surface area contributed by atoms with Crippen molar-refractivity contribution in [2.75, 3.05) is 12.5 Å². The summed E-state index contributed by atoms with van der Waals surface area (Å²) in [6.07, 6.45) is 6.07. The average Bonchev–Trinajstić information content (AvgIpc) is 3.13. The molecule has 2 aromatic rings. The van der Waals surface area contributed by atoms with Crippen LogP contribution in [0.4, 0.5) is 0 Å². The van der Waals surface area contributed by atoms with Gasteiger partial charge in [0.05, 0.1) is 25.1 Å². The molecule has 0 aromatic carbocycles. The topological polar surface area (TPSA) is 52.8 Å². The summed E-state index contributed by atoms with van der Waals surface area (Å²) >= 11 is 12.5. The Balaban J connectivity index is 1.66. The van der Waals surface area contributed by atoms with Gasteiger partial charge >= 0.3 is 0 Å². The number of alkyl halides is 1. The van der Waals surface area contributed by atoms with Gasteiger partial charge in [0.15, 0.2) is 10.8 Å². The molecule has 2 aromatic heterocycles. The minimum absolute atomic E-state index is 0.259. The molecule has 3 aliphatic carbocycles. The van der Waals surface area contributed by atoms with Gasteiger partial charge in [-0.05, 0) is 36.5 Å². The second kappa shape index (κ2) is 4.79. The van der Waals surface area contributed by atoms with Gasteiger partial charge in [-0.15, -0.1) is 11.6 Å². The highest BCUT2D eigenvalue weighted by molar-refractivity contribution is 6.33. The molecule has 4 bridgehead atoms. The molecule has 0 radical (unpaired) electrons. The first-order valence-electron chi connectivity index (χ1n) is 7.80. The van der Waals surface area contributed by atoms with Gasteiger partial charge in [0.1, 0.15) is 11.8 Å². The maximum absolute atomic E-state index is 6.31. The largest absolute Gasteiger partial charge is 0.375 e. The van der Waals surface area contributed by atoms with Gasteiger partial charge < -0.3 is 9.30 Å². The van der Waals surface area contributed by atoms with E-state index in [1.54, 1.807) is 0 Å². The summed E-state index contributed by atoms with van der Waals surface area (Å²) in [5.74, 6) is 3.02. The van der Waals surface area contributed by atoms with Crippen molar-refractivity contribution in [3.05, 3.63) is 17.8 Å². The fourth-order valence-electron chi connectivity index (χ4n) is 5.10. The van der Waals surface area contributed by atoms with Crippen LogP contribution in [0.2, 0.25) is 5.15 Å². The van der Waals surface area contributed by atoms with Crippen LogP contribution < -0.4 is 0 Å². The SMILES string of the molecule is ClCC1C2COC3C2CCC1C3n1cnc2c(Cl)ncnc21. The van der Waals surface area contributed by atoms with Crippen molar-refractivity contribution >= 4 is 34.4 Å². The van der Waals surface area contributed by atoms with Gasteiger partial charge in [-0.3, -0.25) is 0 Å². The molecular formula is C15H16Cl2N4O. The van der Waals surface area contributed by atoms with Gasteiger partial charge in [0.2, 0.25) is 0 Å². The van der Waals surface area contributed by atoms with Crippen LogP contribution in [0.25, 0.3) is 11.2 Å². The van der Waals surface area contributed by atoms with Gasteiger partial charge in [-0.1, -0.05) is 11.6 Å². The Labute approximate surface area is 138 Å². The van der Waals surface area contributed by atoms with Crippen molar-refractivity contribution in [2.24, 2.45) is 23.7 Å². The van der Waals surface area contributed by atoms with E-state index in [0.29, 0.717) is 40.2 Å². The number of fused-ring (bicyclic) bond motifs is 2. The average molecular weight is 339 g/mol. The standard InChI is InChI=1S/C15H16Cl2N4O/c16-3-9-7-1-2-8-10(9)4-22-13(8)12(7)21-6-20-11-14(17)18-5-19-15(11)21/h5-10,12-13H,1-4H2. The summed E-state index contributed by atoms with van der Waals surface area (Å²) in [6, 6.07) is 0.261. The summed E-state index contributed by atoms with van der Waals surface area (Å²) in [4.78, 5) is 12.9.